The summed E-state index contributed by atoms with van der Waals surface area (Å²) in [5.74, 6) is 1.01. The summed E-state index contributed by atoms with van der Waals surface area (Å²) < 4.78 is 5.91. The molecule has 1 aliphatic heterocycles. The third-order valence-electron chi connectivity index (χ3n) is 4.47. The molecule has 130 valence electrons. The van der Waals surface area contributed by atoms with Crippen LogP contribution in [0, 0.1) is 6.92 Å². The molecule has 1 heterocycles. The molecule has 0 N–H and O–H groups in total. The maximum absolute atomic E-state index is 5.91. The molecule has 0 unspecified atom stereocenters. The van der Waals surface area contributed by atoms with Crippen molar-refractivity contribution >= 4 is 12.4 Å². The van der Waals surface area contributed by atoms with Crippen molar-refractivity contribution in [2.45, 2.75) is 13.5 Å². The molecule has 0 radical (unpaired) electrons. The monoisotopic (exact) mass is 346 g/mol. The first-order valence-electron chi connectivity index (χ1n) is 8.48. The van der Waals surface area contributed by atoms with Crippen LogP contribution >= 0.6 is 12.4 Å². The van der Waals surface area contributed by atoms with Crippen LogP contribution in [0.5, 0.6) is 5.75 Å². The molecule has 2 aromatic rings. The van der Waals surface area contributed by atoms with E-state index in [9.17, 15) is 0 Å². The zero-order valence-electron chi connectivity index (χ0n) is 14.4. The number of aryl methyl sites for hydroxylation is 1. The van der Waals surface area contributed by atoms with E-state index in [0.29, 0.717) is 0 Å². The molecule has 3 nitrogen and oxygen atoms in total. The minimum Gasteiger partial charge on any atom is -0.492 e. The van der Waals surface area contributed by atoms with Crippen LogP contribution in [0.2, 0.25) is 0 Å². The van der Waals surface area contributed by atoms with Crippen LogP contribution in [0.15, 0.2) is 54.6 Å². The zero-order chi connectivity index (χ0) is 15.9. The molecular weight excluding hydrogens is 320 g/mol. The molecule has 0 aromatic heterocycles. The quantitative estimate of drug-likeness (QED) is 0.794. The number of piperazine rings is 1. The highest BCUT2D eigenvalue weighted by Gasteiger charge is 2.16. The van der Waals surface area contributed by atoms with Crippen molar-refractivity contribution in [1.82, 2.24) is 9.80 Å². The Balaban J connectivity index is 0.00000208. The van der Waals surface area contributed by atoms with E-state index >= 15 is 0 Å². The molecule has 2 aromatic carbocycles. The summed E-state index contributed by atoms with van der Waals surface area (Å²) in [6.07, 6.45) is 0. The van der Waals surface area contributed by atoms with E-state index < -0.39 is 0 Å². The Morgan fingerprint density at radius 3 is 2.17 bits per heavy atom. The second-order valence-corrected chi connectivity index (χ2v) is 6.22. The molecule has 0 atom stereocenters. The molecule has 1 fully saturated rings. The smallest absolute Gasteiger partial charge is 0.122 e. The minimum atomic E-state index is 0. The van der Waals surface area contributed by atoms with Gasteiger partial charge in [0, 0.05) is 39.3 Å². The van der Waals surface area contributed by atoms with Crippen LogP contribution in [0.1, 0.15) is 11.1 Å². The van der Waals surface area contributed by atoms with Crippen LogP contribution in [0.3, 0.4) is 0 Å². The molecule has 0 saturated carbocycles. The lowest BCUT2D eigenvalue weighted by Gasteiger charge is -2.34. The van der Waals surface area contributed by atoms with E-state index in [0.717, 1.165) is 51.6 Å². The van der Waals surface area contributed by atoms with Gasteiger partial charge in [-0.25, -0.2) is 0 Å². The summed E-state index contributed by atoms with van der Waals surface area (Å²) in [6, 6.07) is 19.0. The van der Waals surface area contributed by atoms with Gasteiger partial charge in [-0.3, -0.25) is 9.80 Å². The molecule has 0 bridgehead atoms. The Morgan fingerprint density at radius 1 is 0.833 bits per heavy atom. The van der Waals surface area contributed by atoms with Gasteiger partial charge in [0.2, 0.25) is 0 Å². The fraction of sp³-hybridized carbons (Fsp3) is 0.400. The van der Waals surface area contributed by atoms with Gasteiger partial charge in [0.25, 0.3) is 0 Å². The van der Waals surface area contributed by atoms with E-state index in [1.165, 1.54) is 11.1 Å². The van der Waals surface area contributed by atoms with Gasteiger partial charge in [-0.15, -0.1) is 12.4 Å². The molecule has 0 spiro atoms. The van der Waals surface area contributed by atoms with Crippen molar-refractivity contribution in [2.75, 3.05) is 39.3 Å². The Labute approximate surface area is 151 Å². The van der Waals surface area contributed by atoms with Crippen molar-refractivity contribution < 1.29 is 4.74 Å². The van der Waals surface area contributed by atoms with E-state index in [-0.39, 0.29) is 12.4 Å². The van der Waals surface area contributed by atoms with E-state index in [1.807, 2.05) is 18.2 Å². The van der Waals surface area contributed by atoms with Crippen molar-refractivity contribution in [3.05, 3.63) is 65.7 Å². The molecule has 0 aliphatic carbocycles. The first-order chi connectivity index (χ1) is 11.3. The molecule has 4 heteroatoms. The Morgan fingerprint density at radius 2 is 1.46 bits per heavy atom. The molecule has 3 rings (SSSR count). The number of benzene rings is 2. The highest BCUT2D eigenvalue weighted by Crippen LogP contribution is 2.16. The third-order valence-corrected chi connectivity index (χ3v) is 4.47. The Bertz CT molecular complexity index is 598. The highest BCUT2D eigenvalue weighted by molar-refractivity contribution is 5.85. The number of halogens is 1. The second kappa shape index (κ2) is 9.67. The van der Waals surface area contributed by atoms with Gasteiger partial charge in [-0.2, -0.15) is 0 Å². The summed E-state index contributed by atoms with van der Waals surface area (Å²) >= 11 is 0. The Kier molecular flexibility index (Phi) is 7.57. The van der Waals surface area contributed by atoms with Crippen LogP contribution < -0.4 is 4.74 Å². The predicted octanol–water partition coefficient (Wildman–Crippen LogP) is 3.61. The molecule has 24 heavy (non-hydrogen) atoms. The van der Waals surface area contributed by atoms with Crippen molar-refractivity contribution in [2.24, 2.45) is 0 Å². The van der Waals surface area contributed by atoms with Crippen LogP contribution in [0.4, 0.5) is 0 Å². The molecule has 1 aliphatic rings. The lowest BCUT2D eigenvalue weighted by Crippen LogP contribution is -2.47. The number of nitrogens with zero attached hydrogens (tertiary/aromatic N) is 2. The molecule has 0 amide bonds. The van der Waals surface area contributed by atoms with Gasteiger partial charge in [-0.05, 0) is 24.1 Å². The summed E-state index contributed by atoms with van der Waals surface area (Å²) in [4.78, 5) is 5.04. The maximum atomic E-state index is 5.91. The first-order valence-corrected chi connectivity index (χ1v) is 8.48. The lowest BCUT2D eigenvalue weighted by atomic mass is 10.2. The van der Waals surface area contributed by atoms with Crippen LogP contribution in [-0.2, 0) is 6.54 Å². The lowest BCUT2D eigenvalue weighted by molar-refractivity contribution is 0.112. The van der Waals surface area contributed by atoms with Gasteiger partial charge in [0.05, 0.1) is 0 Å². The summed E-state index contributed by atoms with van der Waals surface area (Å²) in [6.45, 7) is 9.47. The molecule has 1 saturated heterocycles. The maximum Gasteiger partial charge on any atom is 0.122 e. The van der Waals surface area contributed by atoms with Gasteiger partial charge in [-0.1, -0.05) is 48.5 Å². The molecular formula is C20H27ClN2O. The number of hydrogen-bond acceptors (Lipinski definition) is 3. The normalized spacial score (nSPS) is 15.7. The first kappa shape index (κ1) is 18.8. The van der Waals surface area contributed by atoms with Gasteiger partial charge in [0.15, 0.2) is 0 Å². The average molecular weight is 347 g/mol. The second-order valence-electron chi connectivity index (χ2n) is 6.22. The highest BCUT2D eigenvalue weighted by atomic mass is 35.5. The standard InChI is InChI=1S/C20H26N2O.ClH/c1-18-7-5-6-10-20(18)23-16-15-21-11-13-22(14-12-21)17-19-8-3-2-4-9-19;/h2-10H,11-17H2,1H3;1H. The predicted molar refractivity (Wildman–Crippen MR) is 102 cm³/mol. The summed E-state index contributed by atoms with van der Waals surface area (Å²) in [5, 5.41) is 0. The fourth-order valence-corrected chi connectivity index (χ4v) is 3.02. The van der Waals surface area contributed by atoms with Crippen molar-refractivity contribution in [3.63, 3.8) is 0 Å². The summed E-state index contributed by atoms with van der Waals surface area (Å²) in [5.41, 5.74) is 2.61. The van der Waals surface area contributed by atoms with Crippen molar-refractivity contribution in [1.29, 1.82) is 0 Å². The average Bonchev–Trinajstić information content (AvgIpc) is 2.59. The van der Waals surface area contributed by atoms with E-state index in [1.54, 1.807) is 0 Å². The largest absolute Gasteiger partial charge is 0.492 e. The minimum absolute atomic E-state index is 0. The van der Waals surface area contributed by atoms with Crippen LogP contribution in [0.25, 0.3) is 0 Å². The third kappa shape index (κ3) is 5.52. The van der Waals surface area contributed by atoms with Crippen molar-refractivity contribution in [3.8, 4) is 5.75 Å². The van der Waals surface area contributed by atoms with Gasteiger partial charge in [0.1, 0.15) is 12.4 Å². The number of rotatable bonds is 6. The topological polar surface area (TPSA) is 15.7 Å². The van der Waals surface area contributed by atoms with E-state index in [2.05, 4.69) is 53.1 Å². The van der Waals surface area contributed by atoms with Crippen LogP contribution in [-0.4, -0.2) is 49.1 Å². The Hall–Kier alpha value is -1.55. The number of hydrogen-bond donors (Lipinski definition) is 0. The van der Waals surface area contributed by atoms with Gasteiger partial charge < -0.3 is 4.74 Å². The fourth-order valence-electron chi connectivity index (χ4n) is 3.02. The number of para-hydroxylation sites is 1. The zero-order valence-corrected chi connectivity index (χ0v) is 15.2. The van der Waals surface area contributed by atoms with Gasteiger partial charge >= 0.3 is 0 Å². The SMILES string of the molecule is Cc1ccccc1OCCN1CCN(Cc2ccccc2)CC1.Cl. The van der Waals surface area contributed by atoms with E-state index in [4.69, 9.17) is 4.74 Å². The summed E-state index contributed by atoms with van der Waals surface area (Å²) in [7, 11) is 0. The number of ether oxygens (including phenoxy) is 1.